The molecule has 0 bridgehead atoms. The molecule has 1 aliphatic rings. The number of aromatic nitrogens is 1. The number of benzene rings is 1. The summed E-state index contributed by atoms with van der Waals surface area (Å²) in [6, 6.07) is 11.3. The van der Waals surface area contributed by atoms with E-state index < -0.39 is 0 Å². The highest BCUT2D eigenvalue weighted by atomic mass is 16.5. The summed E-state index contributed by atoms with van der Waals surface area (Å²) in [5, 5.41) is 0. The van der Waals surface area contributed by atoms with Gasteiger partial charge in [-0.15, -0.1) is 0 Å². The van der Waals surface area contributed by atoms with E-state index in [4.69, 9.17) is 4.74 Å². The van der Waals surface area contributed by atoms with E-state index in [0.29, 0.717) is 12.2 Å². The summed E-state index contributed by atoms with van der Waals surface area (Å²) in [6.45, 7) is 3.96. The first-order chi connectivity index (χ1) is 12.3. The average Bonchev–Trinajstić information content (AvgIpc) is 2.68. The van der Waals surface area contributed by atoms with Crippen LogP contribution in [0.4, 0.5) is 0 Å². The first-order valence-electron chi connectivity index (χ1n) is 8.89. The smallest absolute Gasteiger partial charge is 0.187 e. The fraction of sp³-hybridized carbons (Fsp3) is 0.333. The lowest BCUT2D eigenvalue weighted by Crippen LogP contribution is -2.33. The Kier molecular flexibility index (Phi) is 6.35. The number of hydrogen-bond donors (Lipinski definition) is 0. The third kappa shape index (κ3) is 5.26. The molecule has 1 saturated heterocycles. The second-order valence-corrected chi connectivity index (χ2v) is 6.23. The molecule has 1 aliphatic heterocycles. The van der Waals surface area contributed by atoms with Gasteiger partial charge in [-0.1, -0.05) is 24.6 Å². The molecule has 25 heavy (non-hydrogen) atoms. The molecular weight excluding hydrogens is 312 g/mol. The number of nitrogens with zero attached hydrogens (tertiary/aromatic N) is 2. The molecule has 1 aromatic heterocycles. The van der Waals surface area contributed by atoms with E-state index in [1.807, 2.05) is 30.3 Å². The Bertz CT molecular complexity index is 707. The number of allylic oxidation sites excluding steroid dienone is 1. The van der Waals surface area contributed by atoms with E-state index in [2.05, 4.69) is 9.88 Å². The molecule has 0 spiro atoms. The third-order valence-corrected chi connectivity index (χ3v) is 4.39. The lowest BCUT2D eigenvalue weighted by Gasteiger charge is -2.26. The van der Waals surface area contributed by atoms with Crippen LogP contribution in [0.2, 0.25) is 0 Å². The standard InChI is InChI=1S/C21H24N2O2/c24-20(19-8-6-12-22-17-19)11-10-18-7-2-3-9-21(18)25-16-15-23-13-4-1-5-14-23/h2-3,6-12,17H,1,4-5,13-16H2/b11-10+. The van der Waals surface area contributed by atoms with Crippen molar-refractivity contribution < 1.29 is 9.53 Å². The van der Waals surface area contributed by atoms with Crippen molar-refractivity contribution in [1.29, 1.82) is 0 Å². The van der Waals surface area contributed by atoms with Crippen molar-refractivity contribution in [1.82, 2.24) is 9.88 Å². The summed E-state index contributed by atoms with van der Waals surface area (Å²) < 4.78 is 5.96. The minimum Gasteiger partial charge on any atom is -0.492 e. The van der Waals surface area contributed by atoms with Crippen LogP contribution in [-0.2, 0) is 0 Å². The molecular formula is C21H24N2O2. The molecule has 0 amide bonds. The van der Waals surface area contributed by atoms with Crippen LogP contribution in [-0.4, -0.2) is 41.9 Å². The summed E-state index contributed by atoms with van der Waals surface area (Å²) in [6.07, 6.45) is 10.5. The Hall–Kier alpha value is -2.46. The van der Waals surface area contributed by atoms with E-state index in [0.717, 1.165) is 17.9 Å². The van der Waals surface area contributed by atoms with E-state index in [1.54, 1.807) is 30.6 Å². The Morgan fingerprint density at radius 1 is 1.12 bits per heavy atom. The quantitative estimate of drug-likeness (QED) is 0.569. The molecule has 0 radical (unpaired) electrons. The number of likely N-dealkylation sites (tertiary alicyclic amines) is 1. The monoisotopic (exact) mass is 336 g/mol. The van der Waals surface area contributed by atoms with Gasteiger partial charge in [0.2, 0.25) is 0 Å². The number of carbonyl (C=O) groups excluding carboxylic acids is 1. The fourth-order valence-electron chi connectivity index (χ4n) is 2.99. The lowest BCUT2D eigenvalue weighted by molar-refractivity contribution is 0.104. The number of carbonyl (C=O) groups is 1. The predicted octanol–water partition coefficient (Wildman–Crippen LogP) is 3.84. The molecule has 1 aromatic carbocycles. The molecule has 0 saturated carbocycles. The molecule has 3 rings (SSSR count). The number of para-hydroxylation sites is 1. The van der Waals surface area contributed by atoms with Crippen molar-refractivity contribution in [3.05, 3.63) is 66.0 Å². The molecule has 2 aromatic rings. The van der Waals surface area contributed by atoms with Gasteiger partial charge in [-0.2, -0.15) is 0 Å². The van der Waals surface area contributed by atoms with Crippen molar-refractivity contribution in [2.24, 2.45) is 0 Å². The second-order valence-electron chi connectivity index (χ2n) is 6.23. The van der Waals surface area contributed by atoms with Crippen LogP contribution in [0.25, 0.3) is 6.08 Å². The first-order valence-corrected chi connectivity index (χ1v) is 8.89. The van der Waals surface area contributed by atoms with Crippen molar-refractivity contribution in [2.75, 3.05) is 26.2 Å². The van der Waals surface area contributed by atoms with E-state index >= 15 is 0 Å². The maximum absolute atomic E-state index is 12.2. The molecule has 0 unspecified atom stereocenters. The summed E-state index contributed by atoms with van der Waals surface area (Å²) in [5.41, 5.74) is 1.50. The number of piperidine rings is 1. The van der Waals surface area contributed by atoms with Crippen LogP contribution in [0.15, 0.2) is 54.9 Å². The highest BCUT2D eigenvalue weighted by molar-refractivity contribution is 6.06. The lowest BCUT2D eigenvalue weighted by atomic mass is 10.1. The highest BCUT2D eigenvalue weighted by Crippen LogP contribution is 2.20. The van der Waals surface area contributed by atoms with Gasteiger partial charge in [0.05, 0.1) is 0 Å². The summed E-state index contributed by atoms with van der Waals surface area (Å²) in [7, 11) is 0. The molecule has 1 fully saturated rings. The molecule has 130 valence electrons. The molecule has 4 nitrogen and oxygen atoms in total. The summed E-state index contributed by atoms with van der Waals surface area (Å²) in [5.74, 6) is 0.756. The van der Waals surface area contributed by atoms with Gasteiger partial charge < -0.3 is 4.74 Å². The molecule has 0 N–H and O–H groups in total. The number of pyridine rings is 1. The van der Waals surface area contributed by atoms with Crippen molar-refractivity contribution in [3.63, 3.8) is 0 Å². The minimum absolute atomic E-state index is 0.0591. The molecule has 0 aliphatic carbocycles. The van der Waals surface area contributed by atoms with Crippen LogP contribution in [0.3, 0.4) is 0 Å². The second kappa shape index (κ2) is 9.14. The van der Waals surface area contributed by atoms with Crippen molar-refractivity contribution in [3.8, 4) is 5.75 Å². The first kappa shape index (κ1) is 17.4. The topological polar surface area (TPSA) is 42.4 Å². The van der Waals surface area contributed by atoms with Crippen LogP contribution >= 0.6 is 0 Å². The maximum atomic E-state index is 12.2. The Balaban J connectivity index is 1.58. The van der Waals surface area contributed by atoms with Gasteiger partial charge >= 0.3 is 0 Å². The zero-order valence-corrected chi connectivity index (χ0v) is 14.4. The van der Waals surface area contributed by atoms with Gasteiger partial charge in [0.1, 0.15) is 12.4 Å². The molecule has 4 heteroatoms. The Morgan fingerprint density at radius 2 is 1.96 bits per heavy atom. The van der Waals surface area contributed by atoms with Crippen LogP contribution in [0, 0.1) is 0 Å². The number of rotatable bonds is 7. The van der Waals surface area contributed by atoms with Crippen LogP contribution in [0.5, 0.6) is 5.75 Å². The van der Waals surface area contributed by atoms with Gasteiger partial charge in [0, 0.05) is 30.1 Å². The minimum atomic E-state index is -0.0591. The fourth-order valence-corrected chi connectivity index (χ4v) is 2.99. The maximum Gasteiger partial charge on any atom is 0.187 e. The zero-order chi connectivity index (χ0) is 17.3. The predicted molar refractivity (Wildman–Crippen MR) is 99.8 cm³/mol. The number of ether oxygens (including phenoxy) is 1. The van der Waals surface area contributed by atoms with Gasteiger partial charge in [-0.05, 0) is 56.3 Å². The van der Waals surface area contributed by atoms with E-state index in [1.165, 1.54) is 32.4 Å². The number of ketones is 1. The van der Waals surface area contributed by atoms with Crippen molar-refractivity contribution in [2.45, 2.75) is 19.3 Å². The van der Waals surface area contributed by atoms with Gasteiger partial charge in [-0.25, -0.2) is 0 Å². The third-order valence-electron chi connectivity index (χ3n) is 4.39. The highest BCUT2D eigenvalue weighted by Gasteiger charge is 2.10. The average molecular weight is 336 g/mol. The van der Waals surface area contributed by atoms with Crippen LogP contribution < -0.4 is 4.74 Å². The van der Waals surface area contributed by atoms with Crippen molar-refractivity contribution >= 4 is 11.9 Å². The molecule has 0 atom stereocenters. The number of hydrogen-bond acceptors (Lipinski definition) is 4. The molecule has 2 heterocycles. The summed E-state index contributed by atoms with van der Waals surface area (Å²) >= 11 is 0. The van der Waals surface area contributed by atoms with Gasteiger partial charge in [0.15, 0.2) is 5.78 Å². The van der Waals surface area contributed by atoms with E-state index in [-0.39, 0.29) is 5.78 Å². The van der Waals surface area contributed by atoms with Gasteiger partial charge in [0.25, 0.3) is 0 Å². The zero-order valence-electron chi connectivity index (χ0n) is 14.4. The SMILES string of the molecule is O=C(/C=C/c1ccccc1OCCN1CCCCC1)c1cccnc1. The van der Waals surface area contributed by atoms with E-state index in [9.17, 15) is 4.79 Å². The van der Waals surface area contributed by atoms with Crippen LogP contribution in [0.1, 0.15) is 35.2 Å². The normalized spacial score (nSPS) is 15.4. The summed E-state index contributed by atoms with van der Waals surface area (Å²) in [4.78, 5) is 18.6. The Morgan fingerprint density at radius 3 is 2.76 bits per heavy atom. The Labute approximate surface area is 149 Å². The van der Waals surface area contributed by atoms with Gasteiger partial charge in [-0.3, -0.25) is 14.7 Å². The largest absolute Gasteiger partial charge is 0.492 e.